The van der Waals surface area contributed by atoms with E-state index in [9.17, 15) is 22.4 Å². The Morgan fingerprint density at radius 1 is 1.30 bits per heavy atom. The van der Waals surface area contributed by atoms with Gasteiger partial charge in [-0.15, -0.1) is 0 Å². The molecule has 0 aliphatic rings. The fourth-order valence-corrected chi connectivity index (χ4v) is 1.86. The number of halogens is 4. The molecule has 1 amide bonds. The number of nitriles is 1. The largest absolute Gasteiger partial charge is 0.434 e. The normalized spacial score (nSPS) is 10.9. The lowest BCUT2D eigenvalue weighted by atomic mass is 10.1. The summed E-state index contributed by atoms with van der Waals surface area (Å²) >= 11 is 0. The number of rotatable bonds is 3. The average Bonchev–Trinajstić information content (AvgIpc) is 2.53. The number of nitrogens with one attached hydrogen (secondary N) is 1. The maximum atomic E-state index is 13.6. The molecule has 0 saturated heterocycles. The van der Waals surface area contributed by atoms with E-state index in [0.717, 1.165) is 18.3 Å². The minimum absolute atomic E-state index is 0.00477. The number of hydrogen-bond acceptors (Lipinski definition) is 3. The molecule has 1 aromatic heterocycles. The van der Waals surface area contributed by atoms with E-state index in [1.165, 1.54) is 18.2 Å². The van der Waals surface area contributed by atoms with Gasteiger partial charge in [0.1, 0.15) is 5.82 Å². The summed E-state index contributed by atoms with van der Waals surface area (Å²) in [7, 11) is 0. The summed E-state index contributed by atoms with van der Waals surface area (Å²) < 4.78 is 52.0. The summed E-state index contributed by atoms with van der Waals surface area (Å²) in [6, 6.07) is 7.49. The maximum absolute atomic E-state index is 13.6. The summed E-state index contributed by atoms with van der Waals surface area (Å²) in [5, 5.41) is 10.9. The number of aromatic nitrogens is 1. The molecular formula is C15H9F4N3O. The molecule has 0 radical (unpaired) electrons. The molecule has 0 unspecified atom stereocenters. The van der Waals surface area contributed by atoms with Crippen molar-refractivity contribution < 1.29 is 22.4 Å². The smallest absolute Gasteiger partial charge is 0.348 e. The number of carbonyl (C=O) groups excluding carboxylic acids is 1. The molecule has 4 nitrogen and oxygen atoms in total. The predicted molar refractivity (Wildman–Crippen MR) is 71.5 cm³/mol. The monoisotopic (exact) mass is 323 g/mol. The molecular weight excluding hydrogens is 314 g/mol. The summed E-state index contributed by atoms with van der Waals surface area (Å²) in [5.74, 6) is -1.71. The fourth-order valence-electron chi connectivity index (χ4n) is 1.86. The van der Waals surface area contributed by atoms with Crippen molar-refractivity contribution in [3.05, 3.63) is 64.7 Å². The van der Waals surface area contributed by atoms with Crippen LogP contribution in [0.1, 0.15) is 27.2 Å². The highest BCUT2D eigenvalue weighted by atomic mass is 19.4. The fraction of sp³-hybridized carbons (Fsp3) is 0.133. The maximum Gasteiger partial charge on any atom is 0.434 e. The van der Waals surface area contributed by atoms with Crippen LogP contribution in [0.25, 0.3) is 0 Å². The quantitative estimate of drug-likeness (QED) is 0.883. The van der Waals surface area contributed by atoms with Crippen LogP contribution in [0.4, 0.5) is 17.6 Å². The molecule has 0 saturated carbocycles. The van der Waals surface area contributed by atoms with E-state index in [-0.39, 0.29) is 17.7 Å². The molecule has 0 aliphatic carbocycles. The lowest BCUT2D eigenvalue weighted by molar-refractivity contribution is -0.141. The zero-order chi connectivity index (χ0) is 17.0. The second-order valence-electron chi connectivity index (χ2n) is 4.50. The van der Waals surface area contributed by atoms with Crippen molar-refractivity contribution in [2.24, 2.45) is 0 Å². The molecule has 0 spiro atoms. The van der Waals surface area contributed by atoms with Crippen LogP contribution >= 0.6 is 0 Å². The van der Waals surface area contributed by atoms with Gasteiger partial charge in [0.15, 0.2) is 5.69 Å². The molecule has 0 bridgehead atoms. The van der Waals surface area contributed by atoms with Gasteiger partial charge in [0.2, 0.25) is 0 Å². The van der Waals surface area contributed by atoms with Crippen molar-refractivity contribution in [3.63, 3.8) is 0 Å². The van der Waals surface area contributed by atoms with Crippen LogP contribution in [0.15, 0.2) is 36.5 Å². The Morgan fingerprint density at radius 2 is 2.04 bits per heavy atom. The van der Waals surface area contributed by atoms with Gasteiger partial charge in [-0.2, -0.15) is 18.4 Å². The van der Waals surface area contributed by atoms with E-state index < -0.39 is 29.2 Å². The van der Waals surface area contributed by atoms with Crippen LogP contribution in [0.3, 0.4) is 0 Å². The van der Waals surface area contributed by atoms with Gasteiger partial charge >= 0.3 is 6.18 Å². The first-order valence-electron chi connectivity index (χ1n) is 6.32. The molecule has 23 heavy (non-hydrogen) atoms. The number of amides is 1. The summed E-state index contributed by atoms with van der Waals surface area (Å²) in [4.78, 5) is 15.1. The summed E-state index contributed by atoms with van der Waals surface area (Å²) in [6.07, 6.45) is -3.85. The van der Waals surface area contributed by atoms with Gasteiger partial charge in [0.25, 0.3) is 5.91 Å². The summed E-state index contributed by atoms with van der Waals surface area (Å²) in [5.41, 5.74) is -1.80. The molecule has 1 heterocycles. The SMILES string of the molecule is N#Cc1ccc(F)c(CNC(=O)c2cccnc2C(F)(F)F)c1. The molecule has 2 aromatic rings. The third-order valence-corrected chi connectivity index (χ3v) is 2.94. The Labute approximate surface area is 128 Å². The molecule has 0 fully saturated rings. The predicted octanol–water partition coefficient (Wildman–Crippen LogP) is 3.04. The molecule has 1 aromatic carbocycles. The van der Waals surface area contributed by atoms with Gasteiger partial charge in [-0.1, -0.05) is 0 Å². The number of nitrogens with zero attached hydrogens (tertiary/aromatic N) is 2. The van der Waals surface area contributed by atoms with Crippen LogP contribution in [-0.2, 0) is 12.7 Å². The standard InChI is InChI=1S/C15H9F4N3O/c16-12-4-3-9(7-20)6-10(12)8-22-14(23)11-2-1-5-21-13(11)15(17,18)19/h1-6H,8H2,(H,22,23). The Morgan fingerprint density at radius 3 is 2.70 bits per heavy atom. The van der Waals surface area contributed by atoms with Crippen LogP contribution in [0.2, 0.25) is 0 Å². The second kappa shape index (κ2) is 6.44. The first-order chi connectivity index (χ1) is 10.8. The topological polar surface area (TPSA) is 65.8 Å². The third kappa shape index (κ3) is 3.83. The highest BCUT2D eigenvalue weighted by Crippen LogP contribution is 2.29. The number of pyridine rings is 1. The van der Waals surface area contributed by atoms with E-state index in [1.807, 2.05) is 0 Å². The number of carbonyl (C=O) groups is 1. The van der Waals surface area contributed by atoms with E-state index in [1.54, 1.807) is 6.07 Å². The van der Waals surface area contributed by atoms with Crippen LogP contribution in [-0.4, -0.2) is 10.9 Å². The molecule has 118 valence electrons. The van der Waals surface area contributed by atoms with Gasteiger partial charge in [-0.05, 0) is 30.3 Å². The highest BCUT2D eigenvalue weighted by molar-refractivity contribution is 5.95. The lowest BCUT2D eigenvalue weighted by Crippen LogP contribution is -2.27. The molecule has 1 N–H and O–H groups in total. The van der Waals surface area contributed by atoms with Gasteiger partial charge in [0, 0.05) is 18.3 Å². The highest BCUT2D eigenvalue weighted by Gasteiger charge is 2.36. The van der Waals surface area contributed by atoms with Gasteiger partial charge in [-0.25, -0.2) is 4.39 Å². The minimum atomic E-state index is -4.78. The van der Waals surface area contributed by atoms with E-state index in [0.29, 0.717) is 0 Å². The van der Waals surface area contributed by atoms with Crippen LogP contribution in [0.5, 0.6) is 0 Å². The Balaban J connectivity index is 2.20. The van der Waals surface area contributed by atoms with Crippen molar-refractivity contribution in [1.29, 1.82) is 5.26 Å². The third-order valence-electron chi connectivity index (χ3n) is 2.94. The second-order valence-corrected chi connectivity index (χ2v) is 4.50. The van der Waals surface area contributed by atoms with Gasteiger partial charge in [-0.3, -0.25) is 9.78 Å². The molecule has 0 aliphatic heterocycles. The Kier molecular flexibility index (Phi) is 4.60. The average molecular weight is 323 g/mol. The van der Waals surface area contributed by atoms with Crippen molar-refractivity contribution in [1.82, 2.24) is 10.3 Å². The van der Waals surface area contributed by atoms with Crippen LogP contribution in [0, 0.1) is 17.1 Å². The number of benzene rings is 1. The minimum Gasteiger partial charge on any atom is -0.348 e. The van der Waals surface area contributed by atoms with Crippen molar-refractivity contribution >= 4 is 5.91 Å². The zero-order valence-electron chi connectivity index (χ0n) is 11.5. The van der Waals surface area contributed by atoms with Crippen LogP contribution < -0.4 is 5.32 Å². The van der Waals surface area contributed by atoms with E-state index >= 15 is 0 Å². The van der Waals surface area contributed by atoms with Gasteiger partial charge in [0.05, 0.1) is 17.2 Å². The number of hydrogen-bond donors (Lipinski definition) is 1. The molecule has 2 rings (SSSR count). The first kappa shape index (κ1) is 16.4. The van der Waals surface area contributed by atoms with Crippen molar-refractivity contribution in [2.75, 3.05) is 0 Å². The summed E-state index contributed by atoms with van der Waals surface area (Å²) in [6.45, 7) is -0.355. The molecule has 0 atom stereocenters. The lowest BCUT2D eigenvalue weighted by Gasteiger charge is -2.12. The van der Waals surface area contributed by atoms with E-state index in [2.05, 4.69) is 10.3 Å². The van der Waals surface area contributed by atoms with Crippen molar-refractivity contribution in [3.8, 4) is 6.07 Å². The van der Waals surface area contributed by atoms with Gasteiger partial charge < -0.3 is 5.32 Å². The van der Waals surface area contributed by atoms with E-state index in [4.69, 9.17) is 5.26 Å². The first-order valence-corrected chi connectivity index (χ1v) is 6.32. The Hall–Kier alpha value is -2.95. The zero-order valence-corrected chi connectivity index (χ0v) is 11.5. The van der Waals surface area contributed by atoms with Crippen molar-refractivity contribution in [2.45, 2.75) is 12.7 Å². The number of alkyl halides is 3. The molecule has 8 heteroatoms. The Bertz CT molecular complexity index is 781.